The number of carboxylic acids is 1. The number of carbonyl (C=O) groups excluding carboxylic acids is 2. The summed E-state index contributed by atoms with van der Waals surface area (Å²) in [5.74, 6) is -1.58. The van der Waals surface area contributed by atoms with Gasteiger partial charge in [0.05, 0.1) is 0 Å². The Morgan fingerprint density at radius 1 is 1.07 bits per heavy atom. The quantitative estimate of drug-likeness (QED) is 0.807. The first-order valence-electron chi connectivity index (χ1n) is 9.90. The van der Waals surface area contributed by atoms with Gasteiger partial charge in [-0.3, -0.25) is 4.79 Å². The number of benzene rings is 2. The van der Waals surface area contributed by atoms with E-state index in [0.29, 0.717) is 19.3 Å². The molecular formula is C23H23NO5. The molecule has 150 valence electrons. The molecule has 6 nitrogen and oxygen atoms in total. The van der Waals surface area contributed by atoms with E-state index < -0.39 is 24.0 Å². The highest BCUT2D eigenvalue weighted by atomic mass is 16.5. The second kappa shape index (κ2) is 8.07. The number of carbonyl (C=O) groups is 3. The minimum atomic E-state index is -1.14. The van der Waals surface area contributed by atoms with Gasteiger partial charge in [0.2, 0.25) is 0 Å². The van der Waals surface area contributed by atoms with Crippen molar-refractivity contribution in [1.82, 2.24) is 5.32 Å². The Labute approximate surface area is 168 Å². The normalized spacial score (nSPS) is 19.2. The fourth-order valence-electron chi connectivity index (χ4n) is 4.49. The molecule has 1 saturated carbocycles. The summed E-state index contributed by atoms with van der Waals surface area (Å²) in [5, 5.41) is 12.0. The first-order valence-corrected chi connectivity index (χ1v) is 9.90. The molecule has 4 rings (SSSR count). The third-order valence-electron chi connectivity index (χ3n) is 5.87. The lowest BCUT2D eigenvalue weighted by Gasteiger charge is -2.27. The molecule has 0 aliphatic heterocycles. The molecule has 1 amide bonds. The lowest BCUT2D eigenvalue weighted by atomic mass is 9.83. The zero-order chi connectivity index (χ0) is 20.4. The number of amides is 1. The molecular weight excluding hydrogens is 370 g/mol. The molecule has 2 aliphatic carbocycles. The van der Waals surface area contributed by atoms with Crippen LogP contribution in [0, 0.1) is 5.92 Å². The van der Waals surface area contributed by atoms with E-state index in [9.17, 15) is 19.5 Å². The fraction of sp³-hybridized carbons (Fsp3) is 0.348. The molecule has 2 aliphatic rings. The summed E-state index contributed by atoms with van der Waals surface area (Å²) >= 11 is 0. The van der Waals surface area contributed by atoms with Crippen LogP contribution in [-0.4, -0.2) is 35.6 Å². The number of aliphatic carboxylic acids is 1. The molecule has 1 fully saturated rings. The number of ketones is 1. The average molecular weight is 393 g/mol. The van der Waals surface area contributed by atoms with Crippen molar-refractivity contribution in [3.63, 3.8) is 0 Å². The summed E-state index contributed by atoms with van der Waals surface area (Å²) in [6.45, 7) is 0.121. The number of ether oxygens (including phenoxy) is 1. The highest BCUT2D eigenvalue weighted by Crippen LogP contribution is 2.44. The maximum Gasteiger partial charge on any atom is 0.407 e. The minimum Gasteiger partial charge on any atom is -0.480 e. The van der Waals surface area contributed by atoms with Crippen LogP contribution in [-0.2, 0) is 14.3 Å². The predicted octanol–water partition coefficient (Wildman–Crippen LogP) is 3.74. The number of hydrogen-bond donors (Lipinski definition) is 2. The zero-order valence-electron chi connectivity index (χ0n) is 16.0. The molecule has 0 radical (unpaired) electrons. The summed E-state index contributed by atoms with van der Waals surface area (Å²) < 4.78 is 5.44. The molecule has 2 N–H and O–H groups in total. The Morgan fingerprint density at radius 2 is 1.69 bits per heavy atom. The van der Waals surface area contributed by atoms with E-state index in [1.54, 1.807) is 0 Å². The Morgan fingerprint density at radius 3 is 2.28 bits per heavy atom. The van der Waals surface area contributed by atoms with Crippen LogP contribution in [0.4, 0.5) is 4.79 Å². The average Bonchev–Trinajstić information content (AvgIpc) is 3.04. The summed E-state index contributed by atoms with van der Waals surface area (Å²) in [4.78, 5) is 35.7. The van der Waals surface area contributed by atoms with Crippen molar-refractivity contribution in [2.75, 3.05) is 6.61 Å². The first kappa shape index (κ1) is 19.2. The summed E-state index contributed by atoms with van der Waals surface area (Å²) in [5.41, 5.74) is 4.44. The number of carboxylic acid groups (broad SMARTS) is 1. The largest absolute Gasteiger partial charge is 0.480 e. The van der Waals surface area contributed by atoms with Gasteiger partial charge in [-0.25, -0.2) is 9.59 Å². The van der Waals surface area contributed by atoms with Crippen molar-refractivity contribution in [3.05, 3.63) is 59.7 Å². The van der Waals surface area contributed by atoms with Crippen LogP contribution in [0.1, 0.15) is 42.7 Å². The lowest BCUT2D eigenvalue weighted by Crippen LogP contribution is -2.47. The van der Waals surface area contributed by atoms with Crippen LogP contribution >= 0.6 is 0 Å². The zero-order valence-corrected chi connectivity index (χ0v) is 16.0. The van der Waals surface area contributed by atoms with Gasteiger partial charge < -0.3 is 15.2 Å². The molecule has 0 bridgehead atoms. The van der Waals surface area contributed by atoms with Gasteiger partial charge in [0, 0.05) is 18.8 Å². The number of nitrogens with one attached hydrogen (secondary N) is 1. The maximum atomic E-state index is 12.4. The van der Waals surface area contributed by atoms with Crippen LogP contribution < -0.4 is 5.32 Å². The molecule has 2 aromatic carbocycles. The second-order valence-electron chi connectivity index (χ2n) is 7.68. The molecule has 6 heteroatoms. The Hall–Kier alpha value is -3.15. The third-order valence-corrected chi connectivity index (χ3v) is 5.87. The minimum absolute atomic E-state index is 0.0434. The van der Waals surface area contributed by atoms with Gasteiger partial charge in [-0.15, -0.1) is 0 Å². The van der Waals surface area contributed by atoms with Crippen molar-refractivity contribution >= 4 is 17.8 Å². The number of Topliss-reactive ketones (excluding diaryl/α,β-unsaturated/α-hetero) is 1. The van der Waals surface area contributed by atoms with Gasteiger partial charge in [-0.1, -0.05) is 48.5 Å². The highest BCUT2D eigenvalue weighted by Gasteiger charge is 2.34. The SMILES string of the molecule is O=C1CCCC(C(NC(=O)OCC2c3ccccc3-c3ccccc32)C(=O)O)C1. The summed E-state index contributed by atoms with van der Waals surface area (Å²) in [7, 11) is 0. The fourth-order valence-corrected chi connectivity index (χ4v) is 4.49. The van der Waals surface area contributed by atoms with Gasteiger partial charge in [0.25, 0.3) is 0 Å². The van der Waals surface area contributed by atoms with E-state index in [2.05, 4.69) is 17.4 Å². The van der Waals surface area contributed by atoms with Crippen LogP contribution in [0.3, 0.4) is 0 Å². The van der Waals surface area contributed by atoms with E-state index in [0.717, 1.165) is 22.3 Å². The number of alkyl carbamates (subject to hydrolysis) is 1. The van der Waals surface area contributed by atoms with Gasteiger partial charge in [0.15, 0.2) is 0 Å². The summed E-state index contributed by atoms with van der Waals surface area (Å²) in [6, 6.07) is 14.9. The van der Waals surface area contributed by atoms with E-state index in [1.807, 2.05) is 36.4 Å². The number of hydrogen-bond acceptors (Lipinski definition) is 4. The number of fused-ring (bicyclic) bond motifs is 3. The van der Waals surface area contributed by atoms with Gasteiger partial charge in [0.1, 0.15) is 18.4 Å². The van der Waals surface area contributed by atoms with Gasteiger partial charge in [-0.05, 0) is 41.0 Å². The monoisotopic (exact) mass is 393 g/mol. The van der Waals surface area contributed by atoms with Gasteiger partial charge >= 0.3 is 12.1 Å². The molecule has 2 aromatic rings. The molecule has 2 unspecified atom stereocenters. The highest BCUT2D eigenvalue weighted by molar-refractivity contribution is 5.84. The second-order valence-corrected chi connectivity index (χ2v) is 7.68. The van der Waals surface area contributed by atoms with E-state index >= 15 is 0 Å². The van der Waals surface area contributed by atoms with Crippen molar-refractivity contribution in [1.29, 1.82) is 0 Å². The number of rotatable bonds is 5. The maximum absolute atomic E-state index is 12.4. The first-order chi connectivity index (χ1) is 14.0. The van der Waals surface area contributed by atoms with Crippen molar-refractivity contribution in [2.45, 2.75) is 37.6 Å². The Kier molecular flexibility index (Phi) is 5.34. The van der Waals surface area contributed by atoms with E-state index in [1.165, 1.54) is 0 Å². The van der Waals surface area contributed by atoms with Crippen LogP contribution in [0.25, 0.3) is 11.1 Å². The van der Waals surface area contributed by atoms with Crippen LogP contribution in [0.5, 0.6) is 0 Å². The third kappa shape index (κ3) is 3.88. The van der Waals surface area contributed by atoms with Gasteiger partial charge in [-0.2, -0.15) is 0 Å². The predicted molar refractivity (Wildman–Crippen MR) is 107 cm³/mol. The van der Waals surface area contributed by atoms with Crippen molar-refractivity contribution < 1.29 is 24.2 Å². The standard InChI is InChI=1S/C23H23NO5/c25-15-7-5-6-14(12-15)21(22(26)27)24-23(28)29-13-20-18-10-3-1-8-16(18)17-9-2-4-11-19(17)20/h1-4,8-11,14,20-21H,5-7,12-13H2,(H,24,28)(H,26,27). The Bertz CT molecular complexity index is 908. The molecule has 0 saturated heterocycles. The van der Waals surface area contributed by atoms with Crippen LogP contribution in [0.15, 0.2) is 48.5 Å². The lowest BCUT2D eigenvalue weighted by molar-refractivity contribution is -0.141. The molecule has 29 heavy (non-hydrogen) atoms. The van der Waals surface area contributed by atoms with Crippen LogP contribution in [0.2, 0.25) is 0 Å². The molecule has 0 heterocycles. The van der Waals surface area contributed by atoms with E-state index in [4.69, 9.17) is 4.74 Å². The molecule has 0 aromatic heterocycles. The van der Waals surface area contributed by atoms with E-state index in [-0.39, 0.29) is 24.7 Å². The van der Waals surface area contributed by atoms with Crippen molar-refractivity contribution in [2.24, 2.45) is 5.92 Å². The van der Waals surface area contributed by atoms with Crippen molar-refractivity contribution in [3.8, 4) is 11.1 Å². The topological polar surface area (TPSA) is 92.7 Å². The Balaban J connectivity index is 1.44. The molecule has 2 atom stereocenters. The smallest absolute Gasteiger partial charge is 0.407 e. The molecule has 0 spiro atoms. The summed E-state index contributed by atoms with van der Waals surface area (Å²) in [6.07, 6.45) is 1.15.